The van der Waals surface area contributed by atoms with E-state index in [1.165, 1.54) is 67.2 Å². The molecule has 180 valence electrons. The second kappa shape index (κ2) is 8.43. The molecule has 4 fully saturated rings. The van der Waals surface area contributed by atoms with Crippen molar-refractivity contribution in [3.8, 4) is 16.9 Å². The van der Waals surface area contributed by atoms with Gasteiger partial charge in [0.1, 0.15) is 5.75 Å². The quantitative estimate of drug-likeness (QED) is 0.466. The summed E-state index contributed by atoms with van der Waals surface area (Å²) in [5.41, 5.74) is 5.49. The van der Waals surface area contributed by atoms with E-state index in [-0.39, 0.29) is 5.41 Å². The summed E-state index contributed by atoms with van der Waals surface area (Å²) in [7, 11) is 3.79. The molecule has 1 amide bonds. The highest BCUT2D eigenvalue weighted by Crippen LogP contribution is 2.60. The van der Waals surface area contributed by atoms with Gasteiger partial charge in [0.2, 0.25) is 5.91 Å². The minimum absolute atomic E-state index is 0.0162. The molecule has 0 radical (unpaired) electrons. The van der Waals surface area contributed by atoms with E-state index in [2.05, 4.69) is 49.2 Å². The van der Waals surface area contributed by atoms with Crippen LogP contribution in [0.2, 0.25) is 0 Å². The van der Waals surface area contributed by atoms with Gasteiger partial charge in [-0.3, -0.25) is 4.79 Å². The molecular formula is C31H39NO2. The van der Waals surface area contributed by atoms with Crippen molar-refractivity contribution in [3.63, 3.8) is 0 Å². The molecule has 0 spiro atoms. The molecule has 0 heterocycles. The predicted molar refractivity (Wildman–Crippen MR) is 137 cm³/mol. The number of methoxy groups -OCH3 is 1. The molecule has 2 atom stereocenters. The lowest BCUT2D eigenvalue weighted by Gasteiger charge is -2.56. The summed E-state index contributed by atoms with van der Waals surface area (Å²) < 4.78 is 5.31. The average Bonchev–Trinajstić information content (AvgIpc) is 3.16. The lowest BCUT2D eigenvalue weighted by molar-refractivity contribution is -0.156. The van der Waals surface area contributed by atoms with Crippen LogP contribution in [0, 0.1) is 23.2 Å². The highest BCUT2D eigenvalue weighted by Gasteiger charge is 2.55. The second-order valence-corrected chi connectivity index (χ2v) is 12.1. The fraction of sp³-hybridized carbons (Fsp3) is 0.581. The van der Waals surface area contributed by atoms with Crippen molar-refractivity contribution in [2.45, 2.75) is 70.1 Å². The van der Waals surface area contributed by atoms with E-state index in [0.29, 0.717) is 17.7 Å². The monoisotopic (exact) mass is 457 g/mol. The molecule has 0 saturated heterocycles. The molecule has 0 aliphatic heterocycles. The molecule has 0 unspecified atom stereocenters. The Balaban J connectivity index is 1.13. The molecule has 5 aliphatic carbocycles. The molecule has 5 aliphatic rings. The lowest BCUT2D eigenvalue weighted by atomic mass is 9.49. The topological polar surface area (TPSA) is 29.5 Å². The molecule has 4 saturated carbocycles. The van der Waals surface area contributed by atoms with Crippen LogP contribution in [-0.4, -0.2) is 31.5 Å². The number of amides is 1. The van der Waals surface area contributed by atoms with Crippen molar-refractivity contribution >= 4 is 5.91 Å². The largest absolute Gasteiger partial charge is 0.497 e. The van der Waals surface area contributed by atoms with E-state index in [0.717, 1.165) is 36.5 Å². The molecule has 2 aromatic carbocycles. The number of ether oxygens (including phenoxy) is 1. The number of benzene rings is 2. The Labute approximate surface area is 204 Å². The van der Waals surface area contributed by atoms with E-state index in [9.17, 15) is 4.79 Å². The van der Waals surface area contributed by atoms with Gasteiger partial charge in [0, 0.05) is 13.6 Å². The van der Waals surface area contributed by atoms with E-state index in [1.54, 1.807) is 7.11 Å². The summed E-state index contributed by atoms with van der Waals surface area (Å²) in [6.45, 7) is 3.25. The third-order valence-electron chi connectivity index (χ3n) is 9.77. The van der Waals surface area contributed by atoms with Gasteiger partial charge in [-0.2, -0.15) is 0 Å². The zero-order chi connectivity index (χ0) is 23.4. The highest BCUT2D eigenvalue weighted by atomic mass is 16.5. The Hall–Kier alpha value is -2.29. The van der Waals surface area contributed by atoms with Crippen LogP contribution in [-0.2, 0) is 4.79 Å². The van der Waals surface area contributed by atoms with Gasteiger partial charge >= 0.3 is 0 Å². The van der Waals surface area contributed by atoms with Gasteiger partial charge in [-0.15, -0.1) is 0 Å². The third kappa shape index (κ3) is 3.76. The van der Waals surface area contributed by atoms with Crippen LogP contribution in [0.4, 0.5) is 0 Å². The van der Waals surface area contributed by atoms with Gasteiger partial charge < -0.3 is 9.64 Å². The van der Waals surface area contributed by atoms with Crippen LogP contribution in [0.15, 0.2) is 42.5 Å². The summed E-state index contributed by atoms with van der Waals surface area (Å²) in [5.74, 6) is 4.96. The number of hydrogen-bond acceptors (Lipinski definition) is 2. The fourth-order valence-electron chi connectivity index (χ4n) is 8.52. The Morgan fingerprint density at radius 1 is 0.912 bits per heavy atom. The number of nitrogens with zero attached hydrogens (tertiary/aromatic N) is 1. The Bertz CT molecular complexity index is 1040. The highest BCUT2D eigenvalue weighted by molar-refractivity contribution is 5.83. The standard InChI is InChI=1S/C31H39NO2/c1-20-12-26(28-9-6-25(16-29(20)28)24-4-7-27(34-3)8-5-24)10-11-32(2)30(33)31-17-21-13-22(18-31)15-23(14-21)19-31/h4-9,16,20-23,26H,10-15,17-19H2,1-3H3/t20-,21?,22?,23?,26-,31?/m1/s1. The molecule has 34 heavy (non-hydrogen) atoms. The summed E-state index contributed by atoms with van der Waals surface area (Å²) in [6, 6.07) is 15.4. The third-order valence-corrected chi connectivity index (χ3v) is 9.77. The van der Waals surface area contributed by atoms with Crippen molar-refractivity contribution < 1.29 is 9.53 Å². The van der Waals surface area contributed by atoms with E-state index in [1.807, 2.05) is 12.1 Å². The number of rotatable bonds is 6. The number of carbonyl (C=O) groups is 1. The molecule has 0 aromatic heterocycles. The van der Waals surface area contributed by atoms with Crippen molar-refractivity contribution in [1.82, 2.24) is 4.90 Å². The number of carbonyl (C=O) groups excluding carboxylic acids is 1. The number of hydrogen-bond donors (Lipinski definition) is 0. The zero-order valence-corrected chi connectivity index (χ0v) is 21.1. The average molecular weight is 458 g/mol. The van der Waals surface area contributed by atoms with Crippen LogP contribution in [0.25, 0.3) is 11.1 Å². The van der Waals surface area contributed by atoms with Crippen LogP contribution < -0.4 is 4.74 Å². The molecule has 3 heteroatoms. The minimum atomic E-state index is -0.0162. The van der Waals surface area contributed by atoms with Gasteiger partial charge in [-0.1, -0.05) is 37.3 Å². The summed E-state index contributed by atoms with van der Waals surface area (Å²) in [5, 5.41) is 0. The van der Waals surface area contributed by atoms with Crippen LogP contribution in [0.5, 0.6) is 5.75 Å². The maximum atomic E-state index is 13.7. The summed E-state index contributed by atoms with van der Waals surface area (Å²) >= 11 is 0. The van der Waals surface area contributed by atoms with E-state index >= 15 is 0 Å². The van der Waals surface area contributed by atoms with Crippen molar-refractivity contribution in [2.24, 2.45) is 23.2 Å². The molecule has 2 aromatic rings. The van der Waals surface area contributed by atoms with Gasteiger partial charge in [-0.25, -0.2) is 0 Å². The van der Waals surface area contributed by atoms with Crippen LogP contribution >= 0.6 is 0 Å². The molecule has 4 bridgehead atoms. The molecule has 0 N–H and O–H groups in total. The van der Waals surface area contributed by atoms with Gasteiger partial charge in [-0.05, 0) is 115 Å². The maximum Gasteiger partial charge on any atom is 0.228 e. The van der Waals surface area contributed by atoms with Crippen molar-refractivity contribution in [1.29, 1.82) is 0 Å². The van der Waals surface area contributed by atoms with Crippen LogP contribution in [0.1, 0.15) is 81.3 Å². The first-order chi connectivity index (χ1) is 16.4. The first-order valence-electron chi connectivity index (χ1n) is 13.5. The van der Waals surface area contributed by atoms with Crippen molar-refractivity contribution in [2.75, 3.05) is 20.7 Å². The Morgan fingerprint density at radius 3 is 2.15 bits per heavy atom. The Morgan fingerprint density at radius 2 is 1.53 bits per heavy atom. The van der Waals surface area contributed by atoms with Crippen molar-refractivity contribution in [3.05, 3.63) is 53.6 Å². The number of fused-ring (bicyclic) bond motifs is 1. The Kier molecular flexibility index (Phi) is 5.50. The maximum absolute atomic E-state index is 13.7. The smallest absolute Gasteiger partial charge is 0.228 e. The minimum Gasteiger partial charge on any atom is -0.497 e. The lowest BCUT2D eigenvalue weighted by Crippen LogP contribution is -2.54. The summed E-state index contributed by atoms with van der Waals surface area (Å²) in [6.07, 6.45) is 9.95. The predicted octanol–water partition coefficient (Wildman–Crippen LogP) is 7.02. The van der Waals surface area contributed by atoms with Gasteiger partial charge in [0.25, 0.3) is 0 Å². The fourth-order valence-corrected chi connectivity index (χ4v) is 8.52. The molecular weight excluding hydrogens is 418 g/mol. The van der Waals surface area contributed by atoms with E-state index < -0.39 is 0 Å². The SMILES string of the molecule is COc1ccc(-c2ccc3c(c2)[C@H](C)C[C@H]3CCN(C)C(=O)C23CC4CC(CC(C4)C2)C3)cc1. The molecule has 7 rings (SSSR count). The van der Waals surface area contributed by atoms with Gasteiger partial charge in [0.05, 0.1) is 12.5 Å². The second-order valence-electron chi connectivity index (χ2n) is 12.1. The zero-order valence-electron chi connectivity index (χ0n) is 21.1. The first kappa shape index (κ1) is 22.2. The van der Waals surface area contributed by atoms with Gasteiger partial charge in [0.15, 0.2) is 0 Å². The molecule has 3 nitrogen and oxygen atoms in total. The summed E-state index contributed by atoms with van der Waals surface area (Å²) in [4.78, 5) is 15.8. The normalized spacial score (nSPS) is 33.1. The first-order valence-corrected chi connectivity index (χ1v) is 13.5. The van der Waals surface area contributed by atoms with E-state index in [4.69, 9.17) is 4.74 Å². The van der Waals surface area contributed by atoms with Crippen LogP contribution in [0.3, 0.4) is 0 Å².